The molecule has 1 saturated heterocycles. The zero-order valence-corrected chi connectivity index (χ0v) is 19.2. The highest BCUT2D eigenvalue weighted by Crippen LogP contribution is 2.58. The fraction of sp³-hybridized carbons (Fsp3) is 0.179. The summed E-state index contributed by atoms with van der Waals surface area (Å²) in [6, 6.07) is 24.3. The van der Waals surface area contributed by atoms with E-state index in [9.17, 15) is 10.1 Å². The van der Waals surface area contributed by atoms with Crippen LogP contribution in [0.5, 0.6) is 0 Å². The lowest BCUT2D eigenvalue weighted by Crippen LogP contribution is -2.44. The summed E-state index contributed by atoms with van der Waals surface area (Å²) in [4.78, 5) is 30.1. The summed E-state index contributed by atoms with van der Waals surface area (Å²) in [6.07, 6.45) is 3.77. The van der Waals surface area contributed by atoms with Crippen molar-refractivity contribution in [2.24, 2.45) is 0 Å². The number of hydrogen-bond donors (Lipinski definition) is 2. The van der Waals surface area contributed by atoms with Crippen LogP contribution in [0.4, 0.5) is 0 Å². The Morgan fingerprint density at radius 1 is 0.917 bits per heavy atom. The van der Waals surface area contributed by atoms with Crippen LogP contribution in [0.15, 0.2) is 91.4 Å². The molecule has 176 valence electrons. The number of nitrogens with one attached hydrogen (secondary N) is 2. The van der Waals surface area contributed by atoms with E-state index in [1.807, 2.05) is 72.8 Å². The Kier molecular flexibility index (Phi) is 4.52. The van der Waals surface area contributed by atoms with Gasteiger partial charge in [0.25, 0.3) is 0 Å². The maximum Gasteiger partial charge on any atom is 0.237 e. The molecule has 3 heterocycles. The molecule has 8 heteroatoms. The Labute approximate surface area is 206 Å². The predicted molar refractivity (Wildman–Crippen MR) is 135 cm³/mol. The number of rotatable bonds is 4. The summed E-state index contributed by atoms with van der Waals surface area (Å²) in [5.74, 6) is -0.500. The third-order valence-electron chi connectivity index (χ3n) is 7.58. The second kappa shape index (κ2) is 7.79. The monoisotopic (exact) mass is 474 g/mol. The summed E-state index contributed by atoms with van der Waals surface area (Å²) >= 11 is 0. The van der Waals surface area contributed by atoms with E-state index >= 15 is 0 Å². The molecule has 8 nitrogen and oxygen atoms in total. The second-order valence-corrected chi connectivity index (χ2v) is 9.46. The number of para-hydroxylation sites is 2. The molecule has 1 fully saturated rings. The zero-order valence-electron chi connectivity index (χ0n) is 19.2. The first-order chi connectivity index (χ1) is 17.7. The number of hydrogen-bond acceptors (Lipinski definition) is 6. The normalized spacial score (nSPS) is 24.2. The molecule has 2 aliphatic rings. The van der Waals surface area contributed by atoms with E-state index in [0.717, 1.165) is 44.8 Å². The molecule has 1 aliphatic heterocycles. The molecule has 36 heavy (non-hydrogen) atoms. The third-order valence-corrected chi connectivity index (χ3v) is 7.58. The molecule has 1 aliphatic carbocycles. The molecule has 7 rings (SSSR count). The first-order valence-electron chi connectivity index (χ1n) is 12.0. The van der Waals surface area contributed by atoms with E-state index in [2.05, 4.69) is 21.4 Å². The molecular weight excluding hydrogens is 452 g/mol. The minimum atomic E-state index is -0.910. The van der Waals surface area contributed by atoms with Crippen molar-refractivity contribution in [3.8, 4) is 11.3 Å². The van der Waals surface area contributed by atoms with Gasteiger partial charge in [-0.3, -0.25) is 15.4 Å². The Morgan fingerprint density at radius 3 is 2.39 bits per heavy atom. The Bertz CT molecular complexity index is 1600. The molecular formula is C28H22N6O2. The van der Waals surface area contributed by atoms with Crippen LogP contribution in [0.2, 0.25) is 0 Å². The van der Waals surface area contributed by atoms with Gasteiger partial charge in [0.2, 0.25) is 6.04 Å². The van der Waals surface area contributed by atoms with Crippen LogP contribution in [-0.2, 0) is 12.0 Å². The van der Waals surface area contributed by atoms with E-state index in [1.54, 1.807) is 12.5 Å². The van der Waals surface area contributed by atoms with Gasteiger partial charge in [-0.1, -0.05) is 66.7 Å². The third kappa shape index (κ3) is 2.88. The van der Waals surface area contributed by atoms with Crippen molar-refractivity contribution in [3.05, 3.63) is 124 Å². The number of H-pyrrole nitrogens is 1. The Balaban J connectivity index is 1.54. The van der Waals surface area contributed by atoms with Gasteiger partial charge in [0.1, 0.15) is 5.54 Å². The van der Waals surface area contributed by atoms with Gasteiger partial charge in [0.15, 0.2) is 0 Å². The standard InChI is InChI=1S/C28H22N6O2/c35-34(36)26-23(14-18-15-29-16-30-18)33-28(24(26)17-8-2-1-3-9-17)20-11-5-4-10-19(20)25-27(28)32-22-13-7-6-12-21(22)31-25/h1-13,15-16,23-24,26,33H,14H2,(H,29,30). The van der Waals surface area contributed by atoms with E-state index in [1.165, 1.54) is 0 Å². The molecule has 2 aromatic heterocycles. The lowest BCUT2D eigenvalue weighted by atomic mass is 9.73. The highest BCUT2D eigenvalue weighted by molar-refractivity contribution is 5.84. The SMILES string of the molecule is O=[N+]([O-])C1C(Cc2cnc[nH]2)NC2(c3ccccc3-c3nc4ccccc4nc32)C1c1ccccc1. The molecule has 5 aromatic rings. The van der Waals surface area contributed by atoms with E-state index in [4.69, 9.17) is 9.97 Å². The lowest BCUT2D eigenvalue weighted by molar-refractivity contribution is -0.527. The average molecular weight is 475 g/mol. The fourth-order valence-corrected chi connectivity index (χ4v) is 6.22. The highest BCUT2D eigenvalue weighted by Gasteiger charge is 2.65. The molecule has 0 radical (unpaired) electrons. The molecule has 2 N–H and O–H groups in total. The number of nitro groups is 1. The number of fused-ring (bicyclic) bond motifs is 6. The van der Waals surface area contributed by atoms with Crippen molar-refractivity contribution < 1.29 is 4.92 Å². The van der Waals surface area contributed by atoms with Crippen molar-refractivity contribution >= 4 is 11.0 Å². The molecule has 0 amide bonds. The first kappa shape index (κ1) is 20.9. The van der Waals surface area contributed by atoms with Gasteiger partial charge in [0, 0.05) is 28.8 Å². The minimum Gasteiger partial charge on any atom is -0.348 e. The lowest BCUT2D eigenvalue weighted by Gasteiger charge is -2.33. The van der Waals surface area contributed by atoms with Crippen LogP contribution < -0.4 is 5.32 Å². The summed E-state index contributed by atoms with van der Waals surface area (Å²) in [5.41, 5.74) is 5.87. The summed E-state index contributed by atoms with van der Waals surface area (Å²) < 4.78 is 0. The number of nitrogens with zero attached hydrogens (tertiary/aromatic N) is 4. The second-order valence-electron chi connectivity index (χ2n) is 9.46. The van der Waals surface area contributed by atoms with E-state index in [-0.39, 0.29) is 4.92 Å². The van der Waals surface area contributed by atoms with Crippen molar-refractivity contribution in [2.45, 2.75) is 30.0 Å². The summed E-state index contributed by atoms with van der Waals surface area (Å²) in [7, 11) is 0. The molecule has 0 bridgehead atoms. The van der Waals surface area contributed by atoms with E-state index < -0.39 is 23.5 Å². The van der Waals surface area contributed by atoms with Gasteiger partial charge in [-0.15, -0.1) is 0 Å². The van der Waals surface area contributed by atoms with Crippen LogP contribution >= 0.6 is 0 Å². The number of aromatic amines is 1. The fourth-order valence-electron chi connectivity index (χ4n) is 6.22. The largest absolute Gasteiger partial charge is 0.348 e. The molecule has 1 spiro atoms. The maximum atomic E-state index is 12.8. The van der Waals surface area contributed by atoms with Crippen LogP contribution in [0.1, 0.15) is 28.4 Å². The molecule has 3 aromatic carbocycles. The molecule has 0 saturated carbocycles. The van der Waals surface area contributed by atoms with Gasteiger partial charge in [0.05, 0.1) is 40.7 Å². The zero-order chi connectivity index (χ0) is 24.3. The van der Waals surface area contributed by atoms with Crippen LogP contribution in [0.25, 0.3) is 22.3 Å². The van der Waals surface area contributed by atoms with Gasteiger partial charge in [-0.2, -0.15) is 0 Å². The van der Waals surface area contributed by atoms with Crippen molar-refractivity contribution in [1.82, 2.24) is 25.3 Å². The molecule has 4 unspecified atom stereocenters. The van der Waals surface area contributed by atoms with Crippen LogP contribution in [-0.4, -0.2) is 36.9 Å². The van der Waals surface area contributed by atoms with Crippen molar-refractivity contribution in [2.75, 3.05) is 0 Å². The topological polar surface area (TPSA) is 110 Å². The number of benzene rings is 3. The summed E-state index contributed by atoms with van der Waals surface area (Å²) in [6.45, 7) is 0. The van der Waals surface area contributed by atoms with Gasteiger partial charge in [-0.05, 0) is 23.3 Å². The average Bonchev–Trinajstić information content (AvgIpc) is 3.61. The number of aromatic nitrogens is 4. The summed E-state index contributed by atoms with van der Waals surface area (Å²) in [5, 5.41) is 16.6. The minimum absolute atomic E-state index is 0.129. The van der Waals surface area contributed by atoms with Crippen molar-refractivity contribution in [1.29, 1.82) is 0 Å². The first-order valence-corrected chi connectivity index (χ1v) is 12.0. The molecule has 4 atom stereocenters. The van der Waals surface area contributed by atoms with Crippen LogP contribution in [0.3, 0.4) is 0 Å². The highest BCUT2D eigenvalue weighted by atomic mass is 16.6. The smallest absolute Gasteiger partial charge is 0.237 e. The van der Waals surface area contributed by atoms with E-state index in [0.29, 0.717) is 6.42 Å². The van der Waals surface area contributed by atoms with Gasteiger partial charge in [-0.25, -0.2) is 15.0 Å². The van der Waals surface area contributed by atoms with Gasteiger partial charge < -0.3 is 4.98 Å². The predicted octanol–water partition coefficient (Wildman–Crippen LogP) is 4.22. The maximum absolute atomic E-state index is 12.8. The van der Waals surface area contributed by atoms with Crippen molar-refractivity contribution in [3.63, 3.8) is 0 Å². The Hall–Kier alpha value is -4.43. The number of imidazole rings is 1. The van der Waals surface area contributed by atoms with Crippen LogP contribution in [0, 0.1) is 10.1 Å². The van der Waals surface area contributed by atoms with Gasteiger partial charge >= 0.3 is 0 Å². The Morgan fingerprint density at radius 2 is 1.64 bits per heavy atom. The quantitative estimate of drug-likeness (QED) is 0.298.